The number of allylic oxidation sites excluding steroid dienone is 13. The largest absolute Gasteiger partial charge is 0.310 e. The van der Waals surface area contributed by atoms with Crippen molar-refractivity contribution in [2.45, 2.75) is 30.1 Å². The van der Waals surface area contributed by atoms with E-state index in [9.17, 15) is 0 Å². The maximum absolute atomic E-state index is 2.56. The van der Waals surface area contributed by atoms with Crippen molar-refractivity contribution in [3.05, 3.63) is 294 Å². The summed E-state index contributed by atoms with van der Waals surface area (Å²) in [5.74, 6) is 1.07. The van der Waals surface area contributed by atoms with Gasteiger partial charge in [0.05, 0.1) is 11.1 Å². The number of benzene rings is 8. The Labute approximate surface area is 400 Å². The second-order valence-electron chi connectivity index (χ2n) is 19.0. The molecule has 1 heteroatoms. The third-order valence-corrected chi connectivity index (χ3v) is 15.4. The van der Waals surface area contributed by atoms with Gasteiger partial charge in [-0.25, -0.2) is 0 Å². The molecule has 0 aromatic heterocycles. The Hall–Kier alpha value is -8.00. The van der Waals surface area contributed by atoms with E-state index in [4.69, 9.17) is 0 Å². The van der Waals surface area contributed by atoms with Crippen LogP contribution in [-0.2, 0) is 5.41 Å². The molecular formula is C67H51N. The average molecular weight is 870 g/mol. The molecule has 8 aromatic carbocycles. The van der Waals surface area contributed by atoms with E-state index in [1.54, 1.807) is 0 Å². The second-order valence-corrected chi connectivity index (χ2v) is 19.0. The van der Waals surface area contributed by atoms with Gasteiger partial charge in [0.25, 0.3) is 0 Å². The van der Waals surface area contributed by atoms with Crippen molar-refractivity contribution in [3.63, 3.8) is 0 Å². The van der Waals surface area contributed by atoms with Crippen LogP contribution in [0.15, 0.2) is 267 Å². The Balaban J connectivity index is 0.996. The molecule has 0 heterocycles. The van der Waals surface area contributed by atoms with Gasteiger partial charge in [-0.2, -0.15) is 0 Å². The molecule has 0 saturated carbocycles. The number of hydrogen-bond donors (Lipinski definition) is 0. The summed E-state index contributed by atoms with van der Waals surface area (Å²) in [4.78, 5) is 2.56. The Morgan fingerprint density at radius 3 is 1.97 bits per heavy atom. The molecule has 5 unspecified atom stereocenters. The SMILES string of the molecule is C1=CC2C=C(N(c3ccc(-c4ccc5ccccc5c4-c4ccc(-c5ccccc5)cc4)cc3)c3ccc4c(c3)C(C3=CCCC=C3)(c3ccccc3)C3C=CC=CC43)c3ccccc3C2C=C1. The van der Waals surface area contributed by atoms with E-state index >= 15 is 0 Å². The topological polar surface area (TPSA) is 3.24 Å². The Morgan fingerprint density at radius 2 is 1.15 bits per heavy atom. The van der Waals surface area contributed by atoms with E-state index in [1.165, 1.54) is 88.9 Å². The molecule has 0 amide bonds. The highest BCUT2D eigenvalue weighted by atomic mass is 15.2. The van der Waals surface area contributed by atoms with Crippen LogP contribution in [0.25, 0.3) is 49.9 Å². The molecule has 0 N–H and O–H groups in total. The van der Waals surface area contributed by atoms with Gasteiger partial charge in [0.1, 0.15) is 0 Å². The molecule has 324 valence electrons. The first kappa shape index (κ1) is 40.3. The zero-order valence-electron chi connectivity index (χ0n) is 38.0. The summed E-state index contributed by atoms with van der Waals surface area (Å²) in [6.45, 7) is 0. The summed E-state index contributed by atoms with van der Waals surface area (Å²) in [5, 5.41) is 2.49. The first-order chi connectivity index (χ1) is 33.7. The Kier molecular flexibility index (Phi) is 9.90. The van der Waals surface area contributed by atoms with Crippen LogP contribution in [0.4, 0.5) is 11.4 Å². The normalized spacial score (nSPS) is 21.6. The smallest absolute Gasteiger partial charge is 0.0523 e. The molecule has 1 nitrogen and oxygen atoms in total. The van der Waals surface area contributed by atoms with Crippen LogP contribution in [-0.4, -0.2) is 0 Å². The van der Waals surface area contributed by atoms with Gasteiger partial charge in [-0.3, -0.25) is 0 Å². The number of nitrogens with zero attached hydrogens (tertiary/aromatic N) is 1. The quantitative estimate of drug-likeness (QED) is 0.147. The zero-order valence-corrected chi connectivity index (χ0v) is 38.0. The molecule has 5 aliphatic rings. The lowest BCUT2D eigenvalue weighted by atomic mass is 9.62. The van der Waals surface area contributed by atoms with Crippen LogP contribution in [0, 0.1) is 11.8 Å². The standard InChI is InChI=1S/C67H51N/c1-4-18-46(19-5-1)47-32-34-50(35-33-47)66-57-27-13-10-20-48(57)38-42-58(66)49-36-39-54(40-37-49)68(65-44-51-21-11-12-26-56(51)59-28-14-15-30-62(59)65)55-41-43-61-60-29-16-17-31-63(60)67(64(61)45-55,52-22-6-2-7-23-52)53-24-8-3-9-25-53/h1-2,4-8,10-45,51,56,60,63H,3,9H2. The minimum Gasteiger partial charge on any atom is -0.310 e. The summed E-state index contributed by atoms with van der Waals surface area (Å²) in [6, 6.07) is 70.4. The summed E-state index contributed by atoms with van der Waals surface area (Å²) >= 11 is 0. The number of anilines is 2. The van der Waals surface area contributed by atoms with Crippen molar-refractivity contribution in [1.82, 2.24) is 0 Å². The molecule has 5 aliphatic carbocycles. The Bertz CT molecular complexity index is 3450. The molecule has 0 fully saturated rings. The fourth-order valence-electron chi connectivity index (χ4n) is 12.4. The van der Waals surface area contributed by atoms with Gasteiger partial charge >= 0.3 is 0 Å². The van der Waals surface area contributed by atoms with Gasteiger partial charge in [0.2, 0.25) is 0 Å². The highest BCUT2D eigenvalue weighted by Gasteiger charge is 2.53. The van der Waals surface area contributed by atoms with Crippen LogP contribution in [0.2, 0.25) is 0 Å². The predicted molar refractivity (Wildman–Crippen MR) is 286 cm³/mol. The van der Waals surface area contributed by atoms with Crippen molar-refractivity contribution >= 4 is 27.8 Å². The predicted octanol–water partition coefficient (Wildman–Crippen LogP) is 17.3. The van der Waals surface area contributed by atoms with E-state index in [0.29, 0.717) is 5.92 Å². The monoisotopic (exact) mass is 869 g/mol. The molecule has 5 atom stereocenters. The zero-order chi connectivity index (χ0) is 45.0. The lowest BCUT2D eigenvalue weighted by molar-refractivity contribution is 0.453. The number of fused-ring (bicyclic) bond motifs is 7. The lowest BCUT2D eigenvalue weighted by Crippen LogP contribution is -2.36. The summed E-state index contributed by atoms with van der Waals surface area (Å²) in [6.07, 6.45) is 30.7. The summed E-state index contributed by atoms with van der Waals surface area (Å²) in [5.41, 5.74) is 18.7. The molecule has 13 rings (SSSR count). The van der Waals surface area contributed by atoms with Crippen molar-refractivity contribution in [2.24, 2.45) is 11.8 Å². The minimum atomic E-state index is -0.350. The van der Waals surface area contributed by atoms with Gasteiger partial charge in [0, 0.05) is 40.6 Å². The fraction of sp³-hybridized carbons (Fsp3) is 0.104. The van der Waals surface area contributed by atoms with Gasteiger partial charge in [0.15, 0.2) is 0 Å². The van der Waals surface area contributed by atoms with Crippen molar-refractivity contribution in [3.8, 4) is 33.4 Å². The van der Waals surface area contributed by atoms with E-state index in [-0.39, 0.29) is 23.2 Å². The maximum Gasteiger partial charge on any atom is 0.0523 e. The lowest BCUT2D eigenvalue weighted by Gasteiger charge is -2.41. The Morgan fingerprint density at radius 1 is 0.471 bits per heavy atom. The second kappa shape index (κ2) is 16.7. The summed E-state index contributed by atoms with van der Waals surface area (Å²) < 4.78 is 0. The van der Waals surface area contributed by atoms with E-state index in [2.05, 4.69) is 266 Å². The first-order valence-corrected chi connectivity index (χ1v) is 24.4. The van der Waals surface area contributed by atoms with Crippen molar-refractivity contribution < 1.29 is 0 Å². The van der Waals surface area contributed by atoms with Gasteiger partial charge in [-0.05, 0) is 109 Å². The third kappa shape index (κ3) is 6.52. The highest BCUT2D eigenvalue weighted by Crippen LogP contribution is 2.61. The van der Waals surface area contributed by atoms with Crippen molar-refractivity contribution in [1.29, 1.82) is 0 Å². The fourth-order valence-corrected chi connectivity index (χ4v) is 12.4. The van der Waals surface area contributed by atoms with Crippen LogP contribution in [0.1, 0.15) is 52.5 Å². The molecule has 0 radical (unpaired) electrons. The molecule has 0 aliphatic heterocycles. The third-order valence-electron chi connectivity index (χ3n) is 15.4. The highest BCUT2D eigenvalue weighted by molar-refractivity contribution is 6.04. The molecule has 0 saturated heterocycles. The van der Waals surface area contributed by atoms with E-state index < -0.39 is 0 Å². The molecule has 0 spiro atoms. The summed E-state index contributed by atoms with van der Waals surface area (Å²) in [7, 11) is 0. The molecular weight excluding hydrogens is 819 g/mol. The molecule has 0 bridgehead atoms. The van der Waals surface area contributed by atoms with Crippen LogP contribution in [0.5, 0.6) is 0 Å². The molecule has 68 heavy (non-hydrogen) atoms. The van der Waals surface area contributed by atoms with Gasteiger partial charge in [-0.15, -0.1) is 0 Å². The van der Waals surface area contributed by atoms with Crippen LogP contribution in [0.3, 0.4) is 0 Å². The van der Waals surface area contributed by atoms with Crippen molar-refractivity contribution in [2.75, 3.05) is 4.90 Å². The number of hydrogen-bond acceptors (Lipinski definition) is 1. The van der Waals surface area contributed by atoms with Gasteiger partial charge in [-0.1, -0.05) is 237 Å². The van der Waals surface area contributed by atoms with E-state index in [0.717, 1.165) is 18.5 Å². The van der Waals surface area contributed by atoms with Crippen LogP contribution >= 0.6 is 0 Å². The van der Waals surface area contributed by atoms with Gasteiger partial charge < -0.3 is 4.90 Å². The van der Waals surface area contributed by atoms with E-state index in [1.807, 2.05) is 0 Å². The maximum atomic E-state index is 2.56. The number of rotatable bonds is 8. The first-order valence-electron chi connectivity index (χ1n) is 24.4. The van der Waals surface area contributed by atoms with Crippen LogP contribution < -0.4 is 4.90 Å². The molecule has 8 aromatic rings. The minimum absolute atomic E-state index is 0.244. The average Bonchev–Trinajstić information content (AvgIpc) is 3.72.